The molecule has 0 bridgehead atoms. The molecule has 5 nitrogen and oxygen atoms in total. The Morgan fingerprint density at radius 3 is 2.95 bits per heavy atom. The number of fused-ring (bicyclic) bond motifs is 1. The Morgan fingerprint density at radius 2 is 2.21 bits per heavy atom. The first-order valence-corrected chi connectivity index (χ1v) is 6.90. The van der Waals surface area contributed by atoms with Gasteiger partial charge in [0.2, 0.25) is 0 Å². The zero-order valence-electron chi connectivity index (χ0n) is 11.1. The summed E-state index contributed by atoms with van der Waals surface area (Å²) in [5.41, 5.74) is 4.21. The van der Waals surface area contributed by atoms with Gasteiger partial charge in [0.15, 0.2) is 10.8 Å². The van der Waals surface area contributed by atoms with Crippen LogP contribution in [-0.2, 0) is 13.6 Å². The van der Waals surface area contributed by atoms with Gasteiger partial charge in [0, 0.05) is 25.5 Å². The topological polar surface area (TPSA) is 55.6 Å². The van der Waals surface area contributed by atoms with Crippen LogP contribution in [0, 0.1) is 13.8 Å². The van der Waals surface area contributed by atoms with Gasteiger partial charge in [-0.15, -0.1) is 0 Å². The zero-order valence-corrected chi connectivity index (χ0v) is 12.0. The van der Waals surface area contributed by atoms with Crippen LogP contribution in [0.5, 0.6) is 0 Å². The third-order valence-electron chi connectivity index (χ3n) is 2.95. The van der Waals surface area contributed by atoms with Gasteiger partial charge in [0.25, 0.3) is 0 Å². The molecular formula is C13H15N5S. The highest BCUT2D eigenvalue weighted by Crippen LogP contribution is 2.28. The fraction of sp³-hybridized carbons (Fsp3) is 0.308. The molecule has 0 amide bonds. The number of rotatable bonds is 3. The minimum atomic E-state index is 0.760. The number of nitrogens with one attached hydrogen (secondary N) is 1. The van der Waals surface area contributed by atoms with Crippen LogP contribution in [0.4, 0.5) is 5.13 Å². The average Bonchev–Trinajstić information content (AvgIpc) is 2.90. The van der Waals surface area contributed by atoms with E-state index >= 15 is 0 Å². The van der Waals surface area contributed by atoms with Gasteiger partial charge >= 0.3 is 0 Å². The molecule has 0 aromatic carbocycles. The van der Waals surface area contributed by atoms with Crippen molar-refractivity contribution in [3.8, 4) is 0 Å². The molecule has 6 heteroatoms. The quantitative estimate of drug-likeness (QED) is 0.797. The van der Waals surface area contributed by atoms with E-state index < -0.39 is 0 Å². The van der Waals surface area contributed by atoms with Gasteiger partial charge in [-0.1, -0.05) is 11.3 Å². The van der Waals surface area contributed by atoms with E-state index in [4.69, 9.17) is 0 Å². The van der Waals surface area contributed by atoms with E-state index in [0.29, 0.717) is 0 Å². The van der Waals surface area contributed by atoms with Crippen LogP contribution >= 0.6 is 11.3 Å². The fourth-order valence-electron chi connectivity index (χ4n) is 2.05. The molecule has 0 atom stereocenters. The Bertz CT molecular complexity index is 693. The maximum absolute atomic E-state index is 4.56. The zero-order chi connectivity index (χ0) is 13.4. The molecule has 0 unspecified atom stereocenters. The van der Waals surface area contributed by atoms with Crippen molar-refractivity contribution >= 4 is 26.8 Å². The summed E-state index contributed by atoms with van der Waals surface area (Å²) < 4.78 is 2.97. The molecule has 0 spiro atoms. The van der Waals surface area contributed by atoms with Crippen molar-refractivity contribution < 1.29 is 0 Å². The van der Waals surface area contributed by atoms with Gasteiger partial charge in [-0.2, -0.15) is 5.10 Å². The third kappa shape index (κ3) is 2.31. The van der Waals surface area contributed by atoms with Gasteiger partial charge in [-0.25, -0.2) is 9.67 Å². The molecule has 3 aromatic rings. The van der Waals surface area contributed by atoms with Crippen LogP contribution in [0.1, 0.15) is 17.0 Å². The summed E-state index contributed by atoms with van der Waals surface area (Å²) in [4.78, 5) is 8.75. The molecule has 0 radical (unpaired) electrons. The second kappa shape index (κ2) is 4.62. The lowest BCUT2D eigenvalue weighted by Gasteiger charge is -2.03. The van der Waals surface area contributed by atoms with Gasteiger partial charge in [-0.05, 0) is 31.5 Å². The molecule has 0 aliphatic rings. The van der Waals surface area contributed by atoms with E-state index in [2.05, 4.69) is 26.4 Å². The maximum Gasteiger partial charge on any atom is 0.185 e. The molecule has 3 aromatic heterocycles. The molecule has 3 rings (SSSR count). The summed E-state index contributed by atoms with van der Waals surface area (Å²) in [6.45, 7) is 4.77. The third-order valence-corrected chi connectivity index (χ3v) is 4.06. The summed E-state index contributed by atoms with van der Waals surface area (Å²) in [6, 6.07) is 4.09. The van der Waals surface area contributed by atoms with Gasteiger partial charge in [-0.3, -0.25) is 4.98 Å². The standard InChI is InChI=1S/C13H15N5S/c1-8-6-10(4-5-14-8)7-15-13-16-12-11(19-13)9(2)17-18(12)3/h4-6H,7H2,1-3H3,(H,15,16). The number of pyridine rings is 1. The Hall–Kier alpha value is -1.95. The molecule has 98 valence electrons. The van der Waals surface area contributed by atoms with E-state index in [-0.39, 0.29) is 0 Å². The molecule has 0 saturated carbocycles. The molecule has 0 aliphatic heterocycles. The largest absolute Gasteiger partial charge is 0.357 e. The summed E-state index contributed by atoms with van der Waals surface area (Å²) in [6.07, 6.45) is 1.83. The maximum atomic E-state index is 4.56. The van der Waals surface area contributed by atoms with E-state index in [1.54, 1.807) is 11.3 Å². The van der Waals surface area contributed by atoms with Crippen LogP contribution in [0.2, 0.25) is 0 Å². The minimum absolute atomic E-state index is 0.760. The first-order valence-electron chi connectivity index (χ1n) is 6.09. The van der Waals surface area contributed by atoms with Crippen molar-refractivity contribution in [3.63, 3.8) is 0 Å². The van der Waals surface area contributed by atoms with Crippen LogP contribution in [0.3, 0.4) is 0 Å². The smallest absolute Gasteiger partial charge is 0.185 e. The first kappa shape index (κ1) is 12.1. The summed E-state index contributed by atoms with van der Waals surface area (Å²) in [7, 11) is 1.92. The number of aromatic nitrogens is 4. The predicted octanol–water partition coefficient (Wildman–Crippen LogP) is 2.65. The van der Waals surface area contributed by atoms with Crippen LogP contribution in [-0.4, -0.2) is 19.7 Å². The lowest BCUT2D eigenvalue weighted by Crippen LogP contribution is -2.00. The van der Waals surface area contributed by atoms with Gasteiger partial charge < -0.3 is 5.32 Å². The molecule has 1 N–H and O–H groups in total. The highest BCUT2D eigenvalue weighted by atomic mass is 32.1. The number of hydrogen-bond donors (Lipinski definition) is 1. The predicted molar refractivity (Wildman–Crippen MR) is 77.4 cm³/mol. The van der Waals surface area contributed by atoms with Crippen molar-refractivity contribution in [1.82, 2.24) is 19.7 Å². The highest BCUT2D eigenvalue weighted by Gasteiger charge is 2.11. The molecule has 3 heterocycles. The summed E-state index contributed by atoms with van der Waals surface area (Å²) in [5.74, 6) is 0. The van der Waals surface area contributed by atoms with Crippen molar-refractivity contribution in [1.29, 1.82) is 0 Å². The van der Waals surface area contributed by atoms with E-state index in [1.165, 1.54) is 5.56 Å². The Morgan fingerprint density at radius 1 is 1.37 bits per heavy atom. The SMILES string of the molecule is Cc1cc(CNc2nc3c(s2)c(C)nn3C)ccn1. The normalized spacial score (nSPS) is 11.1. The van der Waals surface area contributed by atoms with E-state index in [1.807, 2.05) is 37.8 Å². The monoisotopic (exact) mass is 273 g/mol. The minimum Gasteiger partial charge on any atom is -0.357 e. The second-order valence-electron chi connectivity index (χ2n) is 4.54. The highest BCUT2D eigenvalue weighted by molar-refractivity contribution is 7.22. The molecule has 0 fully saturated rings. The van der Waals surface area contributed by atoms with Crippen molar-refractivity contribution in [2.75, 3.05) is 5.32 Å². The van der Waals surface area contributed by atoms with Gasteiger partial charge in [0.05, 0.1) is 10.4 Å². The number of hydrogen-bond acceptors (Lipinski definition) is 5. The second-order valence-corrected chi connectivity index (χ2v) is 5.54. The number of anilines is 1. The molecular weight excluding hydrogens is 258 g/mol. The summed E-state index contributed by atoms with van der Waals surface area (Å²) >= 11 is 1.65. The van der Waals surface area contributed by atoms with Crippen molar-refractivity contribution in [2.45, 2.75) is 20.4 Å². The lowest BCUT2D eigenvalue weighted by molar-refractivity contribution is 0.774. The molecule has 19 heavy (non-hydrogen) atoms. The lowest BCUT2D eigenvalue weighted by atomic mass is 10.2. The number of thiazole rings is 1. The summed E-state index contributed by atoms with van der Waals surface area (Å²) in [5, 5.41) is 8.64. The van der Waals surface area contributed by atoms with Crippen molar-refractivity contribution in [2.24, 2.45) is 7.05 Å². The van der Waals surface area contributed by atoms with Crippen LogP contribution in [0.25, 0.3) is 10.3 Å². The van der Waals surface area contributed by atoms with Crippen LogP contribution in [0.15, 0.2) is 18.3 Å². The first-order chi connectivity index (χ1) is 9.13. The fourth-order valence-corrected chi connectivity index (χ4v) is 2.98. The van der Waals surface area contributed by atoms with E-state index in [0.717, 1.165) is 33.4 Å². The Kier molecular flexibility index (Phi) is 2.94. The average molecular weight is 273 g/mol. The van der Waals surface area contributed by atoms with Crippen molar-refractivity contribution in [3.05, 3.63) is 35.3 Å². The number of nitrogens with zero attached hydrogens (tertiary/aromatic N) is 4. The molecule has 0 saturated heterocycles. The number of aryl methyl sites for hydroxylation is 3. The van der Waals surface area contributed by atoms with E-state index in [9.17, 15) is 0 Å². The Labute approximate surface area is 115 Å². The molecule has 0 aliphatic carbocycles. The Balaban J connectivity index is 1.80. The van der Waals surface area contributed by atoms with Gasteiger partial charge in [0.1, 0.15) is 0 Å². The van der Waals surface area contributed by atoms with Crippen LogP contribution < -0.4 is 5.32 Å².